The first kappa shape index (κ1) is 13.8. The number of pyridine rings is 1. The van der Waals surface area contributed by atoms with Gasteiger partial charge in [0, 0.05) is 23.9 Å². The van der Waals surface area contributed by atoms with E-state index in [9.17, 15) is 9.59 Å². The Morgan fingerprint density at radius 2 is 2.43 bits per heavy atom. The lowest BCUT2D eigenvalue weighted by molar-refractivity contribution is -0.119. The molecule has 110 valence electrons. The second kappa shape index (κ2) is 5.00. The van der Waals surface area contributed by atoms with Crippen molar-refractivity contribution in [1.29, 1.82) is 0 Å². The Hall–Kier alpha value is -2.15. The van der Waals surface area contributed by atoms with Gasteiger partial charge in [0.05, 0.1) is 18.8 Å². The third kappa shape index (κ3) is 2.56. The van der Waals surface area contributed by atoms with Crippen LogP contribution in [0, 0.1) is 0 Å². The molecular formula is C14H15N3O3S. The molecule has 1 atom stereocenters. The van der Waals surface area contributed by atoms with Gasteiger partial charge in [0.25, 0.3) is 0 Å². The monoisotopic (exact) mass is 305 g/mol. The van der Waals surface area contributed by atoms with Gasteiger partial charge in [-0.05, 0) is 19.1 Å². The highest BCUT2D eigenvalue weighted by Crippen LogP contribution is 2.35. The molecule has 1 N–H and O–H groups in total. The van der Waals surface area contributed by atoms with Crippen molar-refractivity contribution in [3.05, 3.63) is 23.7 Å². The molecule has 6 nitrogen and oxygen atoms in total. The van der Waals surface area contributed by atoms with E-state index < -0.39 is 11.7 Å². The second-order valence-electron chi connectivity index (χ2n) is 5.29. The summed E-state index contributed by atoms with van der Waals surface area (Å²) in [5, 5.41) is 5.54. The van der Waals surface area contributed by atoms with E-state index in [4.69, 9.17) is 4.74 Å². The smallest absolute Gasteiger partial charge is 0.415 e. The van der Waals surface area contributed by atoms with E-state index in [0.717, 1.165) is 15.9 Å². The molecule has 3 heterocycles. The van der Waals surface area contributed by atoms with Crippen LogP contribution < -0.4 is 10.2 Å². The number of fused-ring (bicyclic) bond motifs is 1. The number of amides is 2. The van der Waals surface area contributed by atoms with Gasteiger partial charge >= 0.3 is 6.09 Å². The first-order valence-electron chi connectivity index (χ1n) is 6.56. The van der Waals surface area contributed by atoms with Crippen LogP contribution in [0.1, 0.15) is 13.8 Å². The summed E-state index contributed by atoms with van der Waals surface area (Å²) in [4.78, 5) is 30.0. The molecule has 0 radical (unpaired) electrons. The number of cyclic esters (lactones) is 1. The van der Waals surface area contributed by atoms with Gasteiger partial charge in [-0.15, -0.1) is 11.3 Å². The van der Waals surface area contributed by atoms with Crippen molar-refractivity contribution >= 4 is 39.2 Å². The van der Waals surface area contributed by atoms with Gasteiger partial charge in [-0.2, -0.15) is 0 Å². The zero-order chi connectivity index (χ0) is 15.0. The second-order valence-corrected chi connectivity index (χ2v) is 6.15. The number of ether oxygens (including phenoxy) is 1. The Labute approximate surface area is 125 Å². The Kier molecular flexibility index (Phi) is 3.29. The third-order valence-corrected chi connectivity index (χ3v) is 4.27. The van der Waals surface area contributed by atoms with E-state index in [1.54, 1.807) is 11.1 Å². The number of hydrogen-bond donors (Lipinski definition) is 1. The van der Waals surface area contributed by atoms with Crippen molar-refractivity contribution in [3.63, 3.8) is 0 Å². The molecule has 1 unspecified atom stereocenters. The highest BCUT2D eigenvalue weighted by atomic mass is 32.1. The summed E-state index contributed by atoms with van der Waals surface area (Å²) in [5.74, 6) is -0.143. The van der Waals surface area contributed by atoms with Crippen molar-refractivity contribution in [2.75, 3.05) is 18.0 Å². The first-order valence-corrected chi connectivity index (χ1v) is 7.44. The van der Waals surface area contributed by atoms with Gasteiger partial charge in [-0.25, -0.2) is 9.78 Å². The Morgan fingerprint density at radius 1 is 1.62 bits per heavy atom. The molecule has 2 aromatic rings. The van der Waals surface area contributed by atoms with Gasteiger partial charge in [0.15, 0.2) is 0 Å². The first-order chi connectivity index (χ1) is 9.98. The summed E-state index contributed by atoms with van der Waals surface area (Å²) in [5.41, 5.74) is 0.0822. The summed E-state index contributed by atoms with van der Waals surface area (Å²) < 4.78 is 5.44. The van der Waals surface area contributed by atoms with Crippen LogP contribution in [0.25, 0.3) is 10.2 Å². The van der Waals surface area contributed by atoms with Crippen LogP contribution in [-0.4, -0.2) is 35.7 Å². The molecule has 1 aliphatic rings. The van der Waals surface area contributed by atoms with Crippen LogP contribution in [0.5, 0.6) is 0 Å². The maximum absolute atomic E-state index is 12.2. The lowest BCUT2D eigenvalue weighted by atomic mass is 10.1. The predicted octanol–water partition coefficient (Wildman–Crippen LogP) is 2.15. The Balaban J connectivity index is 1.86. The summed E-state index contributed by atoms with van der Waals surface area (Å²) in [6.07, 6.45) is 1.33. The fourth-order valence-electron chi connectivity index (χ4n) is 2.35. The van der Waals surface area contributed by atoms with Crippen molar-refractivity contribution in [2.45, 2.75) is 19.4 Å². The maximum Gasteiger partial charge on any atom is 0.415 e. The maximum atomic E-state index is 12.2. The number of aromatic nitrogens is 1. The number of carbonyl (C=O) groups is 2. The molecule has 0 bridgehead atoms. The van der Waals surface area contributed by atoms with E-state index in [1.807, 2.05) is 24.4 Å². The van der Waals surface area contributed by atoms with Gasteiger partial charge in [0.1, 0.15) is 10.4 Å². The lowest BCUT2D eigenvalue weighted by Gasteiger charge is -2.21. The van der Waals surface area contributed by atoms with Crippen LogP contribution in [-0.2, 0) is 9.53 Å². The molecule has 1 fully saturated rings. The van der Waals surface area contributed by atoms with E-state index >= 15 is 0 Å². The number of anilines is 1. The quantitative estimate of drug-likeness (QED) is 0.943. The van der Waals surface area contributed by atoms with E-state index in [0.29, 0.717) is 13.1 Å². The number of thiophene rings is 1. The molecule has 7 heteroatoms. The molecule has 0 aromatic carbocycles. The fourth-order valence-corrected chi connectivity index (χ4v) is 3.25. The van der Waals surface area contributed by atoms with Gasteiger partial charge in [-0.1, -0.05) is 0 Å². The van der Waals surface area contributed by atoms with E-state index in [1.165, 1.54) is 18.3 Å². The number of nitrogens with zero attached hydrogens (tertiary/aromatic N) is 2. The van der Waals surface area contributed by atoms with E-state index in [-0.39, 0.29) is 5.91 Å². The van der Waals surface area contributed by atoms with Crippen LogP contribution >= 0.6 is 11.3 Å². The van der Waals surface area contributed by atoms with Crippen LogP contribution in [0.15, 0.2) is 23.7 Å². The SMILES string of the molecule is CC(=O)NCC1(C)CN(c2csc3ncccc23)C(=O)O1. The summed E-state index contributed by atoms with van der Waals surface area (Å²) in [6.45, 7) is 3.95. The van der Waals surface area contributed by atoms with Crippen molar-refractivity contribution in [3.8, 4) is 0 Å². The minimum atomic E-state index is -0.723. The molecule has 21 heavy (non-hydrogen) atoms. The van der Waals surface area contributed by atoms with Crippen molar-refractivity contribution in [1.82, 2.24) is 10.3 Å². The molecule has 0 aliphatic carbocycles. The zero-order valence-corrected chi connectivity index (χ0v) is 12.6. The van der Waals surface area contributed by atoms with Crippen molar-refractivity contribution < 1.29 is 14.3 Å². The minimum Gasteiger partial charge on any atom is -0.439 e. The fraction of sp³-hybridized carbons (Fsp3) is 0.357. The largest absolute Gasteiger partial charge is 0.439 e. The van der Waals surface area contributed by atoms with Gasteiger partial charge < -0.3 is 10.1 Å². The Morgan fingerprint density at radius 3 is 3.19 bits per heavy atom. The molecule has 1 aliphatic heterocycles. The molecule has 2 amide bonds. The average Bonchev–Trinajstić information content (AvgIpc) is 2.98. The third-order valence-electron chi connectivity index (χ3n) is 3.38. The molecule has 1 saturated heterocycles. The highest BCUT2D eigenvalue weighted by Gasteiger charge is 2.42. The minimum absolute atomic E-state index is 0.143. The van der Waals surface area contributed by atoms with Gasteiger partial charge in [-0.3, -0.25) is 9.69 Å². The number of hydrogen-bond acceptors (Lipinski definition) is 5. The van der Waals surface area contributed by atoms with Crippen LogP contribution in [0.3, 0.4) is 0 Å². The predicted molar refractivity (Wildman–Crippen MR) is 80.5 cm³/mol. The average molecular weight is 305 g/mol. The van der Waals surface area contributed by atoms with Crippen LogP contribution in [0.2, 0.25) is 0 Å². The summed E-state index contributed by atoms with van der Waals surface area (Å²) in [7, 11) is 0. The van der Waals surface area contributed by atoms with Gasteiger partial charge in [0.2, 0.25) is 5.91 Å². The van der Waals surface area contributed by atoms with E-state index in [2.05, 4.69) is 10.3 Å². The molecule has 2 aromatic heterocycles. The summed E-state index contributed by atoms with van der Waals surface area (Å²) >= 11 is 1.49. The molecule has 0 spiro atoms. The zero-order valence-electron chi connectivity index (χ0n) is 11.8. The Bertz CT molecular complexity index is 714. The molecule has 3 rings (SSSR count). The highest BCUT2D eigenvalue weighted by molar-refractivity contribution is 7.17. The topological polar surface area (TPSA) is 71.5 Å². The standard InChI is InChI=1S/C14H15N3O3S/c1-9(18)16-7-14(2)8-17(13(19)20-14)11-6-21-12-10(11)4-3-5-15-12/h3-6H,7-8H2,1-2H3,(H,16,18). The van der Waals surface area contributed by atoms with Crippen molar-refractivity contribution in [2.24, 2.45) is 0 Å². The summed E-state index contributed by atoms with van der Waals surface area (Å²) in [6, 6.07) is 3.78. The normalized spacial score (nSPS) is 21.6. The molecule has 0 saturated carbocycles. The number of nitrogens with one attached hydrogen (secondary N) is 1. The molecular weight excluding hydrogens is 290 g/mol. The number of carbonyl (C=O) groups excluding carboxylic acids is 2. The van der Waals surface area contributed by atoms with Crippen LogP contribution in [0.4, 0.5) is 10.5 Å². The number of rotatable bonds is 3. The lowest BCUT2D eigenvalue weighted by Crippen LogP contribution is -2.43.